The average molecular weight is 267 g/mol. The van der Waals surface area contributed by atoms with Crippen LogP contribution in [0, 0.1) is 0 Å². The second-order valence-corrected chi connectivity index (χ2v) is 6.36. The van der Waals surface area contributed by atoms with Crippen LogP contribution < -0.4 is 4.90 Å². The summed E-state index contributed by atoms with van der Waals surface area (Å²) >= 11 is 1.66. The molecule has 5 heteroatoms. The molecule has 0 aliphatic carbocycles. The van der Waals surface area contributed by atoms with E-state index >= 15 is 0 Å². The van der Waals surface area contributed by atoms with E-state index < -0.39 is 6.10 Å². The van der Waals surface area contributed by atoms with Crippen molar-refractivity contribution in [3.63, 3.8) is 0 Å². The first kappa shape index (κ1) is 12.4. The van der Waals surface area contributed by atoms with Gasteiger partial charge < -0.3 is 10.0 Å². The first-order chi connectivity index (χ1) is 8.65. The van der Waals surface area contributed by atoms with Crippen LogP contribution in [0.25, 0.3) is 0 Å². The number of aliphatic hydroxyl groups is 1. The molecule has 1 aromatic heterocycles. The molecular formula is C13H21N3OS. The number of nitrogens with zero attached hydrogens (tertiary/aromatic N) is 3. The van der Waals surface area contributed by atoms with Crippen LogP contribution in [0.1, 0.15) is 38.5 Å². The minimum atomic E-state index is -0.460. The first-order valence-corrected chi connectivity index (χ1v) is 7.67. The molecule has 18 heavy (non-hydrogen) atoms. The SMILES string of the molecule is CC(O)c1csc(N2CC3CCCN3CC2C)n1. The summed E-state index contributed by atoms with van der Waals surface area (Å²) in [6.07, 6.45) is 2.19. The van der Waals surface area contributed by atoms with E-state index in [1.165, 1.54) is 19.4 Å². The van der Waals surface area contributed by atoms with Crippen LogP contribution in [-0.2, 0) is 0 Å². The number of hydrogen-bond acceptors (Lipinski definition) is 5. The molecule has 2 saturated heterocycles. The van der Waals surface area contributed by atoms with Gasteiger partial charge in [-0.1, -0.05) is 0 Å². The van der Waals surface area contributed by atoms with Gasteiger partial charge in [0.05, 0.1) is 11.8 Å². The van der Waals surface area contributed by atoms with E-state index in [0.29, 0.717) is 12.1 Å². The lowest BCUT2D eigenvalue weighted by Crippen LogP contribution is -2.55. The molecule has 100 valence electrons. The fourth-order valence-corrected chi connectivity index (χ4v) is 4.08. The highest BCUT2D eigenvalue weighted by Crippen LogP contribution is 2.31. The predicted molar refractivity (Wildman–Crippen MR) is 74.2 cm³/mol. The highest BCUT2D eigenvalue weighted by molar-refractivity contribution is 7.13. The van der Waals surface area contributed by atoms with Crippen LogP contribution in [0.5, 0.6) is 0 Å². The van der Waals surface area contributed by atoms with Crippen LogP contribution >= 0.6 is 11.3 Å². The molecule has 0 bridgehead atoms. The lowest BCUT2D eigenvalue weighted by molar-refractivity contribution is 0.193. The Balaban J connectivity index is 1.78. The van der Waals surface area contributed by atoms with Crippen molar-refractivity contribution in [3.8, 4) is 0 Å². The maximum Gasteiger partial charge on any atom is 0.185 e. The highest BCUT2D eigenvalue weighted by Gasteiger charge is 2.35. The minimum absolute atomic E-state index is 0.460. The third-order valence-corrected chi connectivity index (χ3v) is 5.02. The summed E-state index contributed by atoms with van der Waals surface area (Å²) in [6, 6.07) is 1.23. The Morgan fingerprint density at radius 2 is 2.33 bits per heavy atom. The lowest BCUT2D eigenvalue weighted by Gasteiger charge is -2.42. The lowest BCUT2D eigenvalue weighted by atomic mass is 10.1. The molecule has 0 radical (unpaired) electrons. The van der Waals surface area contributed by atoms with Gasteiger partial charge in [0.2, 0.25) is 0 Å². The van der Waals surface area contributed by atoms with Gasteiger partial charge in [-0.25, -0.2) is 4.98 Å². The van der Waals surface area contributed by atoms with E-state index in [0.717, 1.165) is 23.9 Å². The number of fused-ring (bicyclic) bond motifs is 1. The molecule has 2 fully saturated rings. The maximum absolute atomic E-state index is 9.57. The third kappa shape index (κ3) is 2.15. The van der Waals surface area contributed by atoms with Gasteiger partial charge in [-0.3, -0.25) is 4.90 Å². The Morgan fingerprint density at radius 3 is 3.06 bits per heavy atom. The van der Waals surface area contributed by atoms with Gasteiger partial charge in [-0.2, -0.15) is 0 Å². The second kappa shape index (κ2) is 4.79. The summed E-state index contributed by atoms with van der Waals surface area (Å²) in [5.41, 5.74) is 0.802. The van der Waals surface area contributed by atoms with E-state index in [9.17, 15) is 5.11 Å². The number of hydrogen-bond donors (Lipinski definition) is 1. The van der Waals surface area contributed by atoms with E-state index in [-0.39, 0.29) is 0 Å². The van der Waals surface area contributed by atoms with Crippen LogP contribution in [0.15, 0.2) is 5.38 Å². The Hall–Kier alpha value is -0.650. The minimum Gasteiger partial charge on any atom is -0.387 e. The fourth-order valence-electron chi connectivity index (χ4n) is 3.05. The van der Waals surface area contributed by atoms with Gasteiger partial charge in [0.25, 0.3) is 0 Å². The standard InChI is InChI=1S/C13H21N3OS/c1-9-6-15-5-3-4-11(15)7-16(9)13-14-12(8-18-13)10(2)17/h8-11,17H,3-7H2,1-2H3. The number of aromatic nitrogens is 1. The molecule has 2 aliphatic heterocycles. The zero-order valence-corrected chi connectivity index (χ0v) is 11.9. The van der Waals surface area contributed by atoms with Crippen molar-refractivity contribution in [3.05, 3.63) is 11.1 Å². The molecule has 0 saturated carbocycles. The quantitative estimate of drug-likeness (QED) is 0.888. The summed E-state index contributed by atoms with van der Waals surface area (Å²) < 4.78 is 0. The molecule has 3 atom stereocenters. The van der Waals surface area contributed by atoms with E-state index in [1.54, 1.807) is 18.3 Å². The van der Waals surface area contributed by atoms with Crippen LogP contribution in [0.2, 0.25) is 0 Å². The normalized spacial score (nSPS) is 30.5. The molecule has 1 N–H and O–H groups in total. The van der Waals surface area contributed by atoms with Crippen molar-refractivity contribution in [1.29, 1.82) is 0 Å². The molecular weight excluding hydrogens is 246 g/mol. The molecule has 2 aliphatic rings. The number of anilines is 1. The van der Waals surface area contributed by atoms with E-state index in [2.05, 4.69) is 21.7 Å². The topological polar surface area (TPSA) is 39.6 Å². The van der Waals surface area contributed by atoms with E-state index in [1.807, 2.05) is 5.38 Å². The first-order valence-electron chi connectivity index (χ1n) is 6.79. The van der Waals surface area contributed by atoms with Crippen LogP contribution in [-0.4, -0.2) is 46.7 Å². The molecule has 3 rings (SSSR count). The second-order valence-electron chi connectivity index (χ2n) is 5.52. The largest absolute Gasteiger partial charge is 0.387 e. The van der Waals surface area contributed by atoms with Gasteiger partial charge in [0.15, 0.2) is 5.13 Å². The average Bonchev–Trinajstić information content (AvgIpc) is 2.94. The van der Waals surface area contributed by atoms with Crippen LogP contribution in [0.4, 0.5) is 5.13 Å². The van der Waals surface area contributed by atoms with Gasteiger partial charge in [0, 0.05) is 30.6 Å². The summed E-state index contributed by atoms with van der Waals surface area (Å²) in [7, 11) is 0. The number of piperazine rings is 1. The van der Waals surface area contributed by atoms with Crippen molar-refractivity contribution >= 4 is 16.5 Å². The monoisotopic (exact) mass is 267 g/mol. The zero-order chi connectivity index (χ0) is 12.7. The molecule has 0 amide bonds. The van der Waals surface area contributed by atoms with Crippen molar-refractivity contribution in [2.75, 3.05) is 24.5 Å². The Kier molecular flexibility index (Phi) is 3.30. The maximum atomic E-state index is 9.57. The molecule has 4 nitrogen and oxygen atoms in total. The van der Waals surface area contributed by atoms with Crippen molar-refractivity contribution < 1.29 is 5.11 Å². The smallest absolute Gasteiger partial charge is 0.185 e. The highest BCUT2D eigenvalue weighted by atomic mass is 32.1. The van der Waals surface area contributed by atoms with E-state index in [4.69, 9.17) is 0 Å². The number of rotatable bonds is 2. The summed E-state index contributed by atoms with van der Waals surface area (Å²) in [5, 5.41) is 12.6. The molecule has 3 heterocycles. The summed E-state index contributed by atoms with van der Waals surface area (Å²) in [6.45, 7) is 7.55. The predicted octanol–water partition coefficient (Wildman–Crippen LogP) is 1.87. The van der Waals surface area contributed by atoms with Crippen molar-refractivity contribution in [1.82, 2.24) is 9.88 Å². The van der Waals surface area contributed by atoms with Crippen LogP contribution in [0.3, 0.4) is 0 Å². The van der Waals surface area contributed by atoms with Gasteiger partial charge in [0.1, 0.15) is 0 Å². The third-order valence-electron chi connectivity index (χ3n) is 4.12. The molecule has 1 aromatic rings. The zero-order valence-electron chi connectivity index (χ0n) is 11.0. The Bertz CT molecular complexity index is 420. The van der Waals surface area contributed by atoms with Crippen molar-refractivity contribution in [2.24, 2.45) is 0 Å². The fraction of sp³-hybridized carbons (Fsp3) is 0.769. The van der Waals surface area contributed by atoms with Crippen molar-refractivity contribution in [2.45, 2.75) is 44.9 Å². The number of aliphatic hydroxyl groups excluding tert-OH is 1. The molecule has 0 spiro atoms. The van der Waals surface area contributed by atoms with Gasteiger partial charge >= 0.3 is 0 Å². The van der Waals surface area contributed by atoms with Gasteiger partial charge in [-0.05, 0) is 33.2 Å². The number of thiazole rings is 1. The van der Waals surface area contributed by atoms with Gasteiger partial charge in [-0.15, -0.1) is 11.3 Å². The summed E-state index contributed by atoms with van der Waals surface area (Å²) in [5.74, 6) is 0. The summed E-state index contributed by atoms with van der Waals surface area (Å²) in [4.78, 5) is 9.61. The molecule has 3 unspecified atom stereocenters. The molecule has 0 aromatic carbocycles. The Labute approximate surface area is 112 Å². The Morgan fingerprint density at radius 1 is 1.50 bits per heavy atom.